The van der Waals surface area contributed by atoms with Crippen LogP contribution >= 0.6 is 0 Å². The first-order chi connectivity index (χ1) is 6.81. The number of rotatable bonds is 9. The van der Waals surface area contributed by atoms with Crippen LogP contribution in [0, 0.1) is 0 Å². The summed E-state index contributed by atoms with van der Waals surface area (Å²) in [6.45, 7) is 8.00. The molecule has 0 aliphatic heterocycles. The van der Waals surface area contributed by atoms with E-state index in [1.165, 1.54) is 0 Å². The molecule has 0 aliphatic carbocycles. The molecule has 0 unspecified atom stereocenters. The van der Waals surface area contributed by atoms with Crippen LogP contribution in [0.3, 0.4) is 0 Å². The lowest BCUT2D eigenvalue weighted by molar-refractivity contribution is -0.286. The monoisotopic (exact) mass is 200 g/mol. The van der Waals surface area contributed by atoms with E-state index in [4.69, 9.17) is 9.62 Å². The third-order valence-electron chi connectivity index (χ3n) is 1.30. The normalized spacial score (nSPS) is 9.43. The Morgan fingerprint density at radius 1 is 1.14 bits per heavy atom. The van der Waals surface area contributed by atoms with Crippen molar-refractivity contribution in [1.29, 1.82) is 0 Å². The molecule has 0 radical (unpaired) electrons. The van der Waals surface area contributed by atoms with E-state index < -0.39 is 5.97 Å². The Hall–Kier alpha value is -1.13. The van der Waals surface area contributed by atoms with Gasteiger partial charge in [-0.15, -0.1) is 6.58 Å². The maximum absolute atomic E-state index is 10.6. The highest BCUT2D eigenvalue weighted by atomic mass is 17.2. The van der Waals surface area contributed by atoms with Crippen molar-refractivity contribution in [2.24, 2.45) is 0 Å². The van der Waals surface area contributed by atoms with Crippen molar-refractivity contribution in [2.75, 3.05) is 19.8 Å². The van der Waals surface area contributed by atoms with Gasteiger partial charge in [-0.1, -0.05) is 12.7 Å². The molecule has 0 aromatic carbocycles. The lowest BCUT2D eigenvalue weighted by Gasteiger charge is -2.02. The molecule has 0 bridgehead atoms. The fourth-order valence-electron chi connectivity index (χ4n) is 0.650. The molecule has 4 nitrogen and oxygen atoms in total. The maximum atomic E-state index is 10.6. The Morgan fingerprint density at radius 3 is 2.50 bits per heavy atom. The SMILES string of the molecule is C=CCOOCCCCOC(=O)C=C. The van der Waals surface area contributed by atoms with Crippen molar-refractivity contribution in [3.05, 3.63) is 25.3 Å². The standard InChI is InChI=1S/C10H16O4/c1-3-7-13-14-9-6-5-8-12-10(11)4-2/h3-4H,1-2,5-9H2. The number of ether oxygens (including phenoxy) is 1. The smallest absolute Gasteiger partial charge is 0.330 e. The number of unbranched alkanes of at least 4 members (excludes halogenated alkanes) is 1. The van der Waals surface area contributed by atoms with E-state index in [-0.39, 0.29) is 0 Å². The molecule has 0 saturated heterocycles. The fraction of sp³-hybridized carbons (Fsp3) is 0.500. The first kappa shape index (κ1) is 12.9. The quantitative estimate of drug-likeness (QED) is 0.142. The molecule has 0 aromatic rings. The van der Waals surface area contributed by atoms with Crippen LogP contribution in [0.2, 0.25) is 0 Å². The molecule has 4 heteroatoms. The van der Waals surface area contributed by atoms with Crippen LogP contribution < -0.4 is 0 Å². The average Bonchev–Trinajstić information content (AvgIpc) is 2.21. The second-order valence-corrected chi connectivity index (χ2v) is 2.47. The van der Waals surface area contributed by atoms with Gasteiger partial charge in [-0.25, -0.2) is 14.6 Å². The Kier molecular flexibility index (Phi) is 9.15. The molecule has 0 saturated carbocycles. The molecule has 0 N–H and O–H groups in total. The summed E-state index contributed by atoms with van der Waals surface area (Å²) in [6, 6.07) is 0. The van der Waals surface area contributed by atoms with Gasteiger partial charge < -0.3 is 4.74 Å². The highest BCUT2D eigenvalue weighted by Gasteiger charge is 1.95. The molecule has 0 aliphatic rings. The molecule has 0 fully saturated rings. The summed E-state index contributed by atoms with van der Waals surface area (Å²) >= 11 is 0. The average molecular weight is 200 g/mol. The summed E-state index contributed by atoms with van der Waals surface area (Å²) in [6.07, 6.45) is 4.27. The Balaban J connectivity index is 3.02. The first-order valence-corrected chi connectivity index (χ1v) is 4.45. The zero-order valence-electron chi connectivity index (χ0n) is 8.24. The molecule has 0 amide bonds. The fourth-order valence-corrected chi connectivity index (χ4v) is 0.650. The van der Waals surface area contributed by atoms with Gasteiger partial charge in [-0.2, -0.15) is 0 Å². The van der Waals surface area contributed by atoms with Crippen LogP contribution in [0.15, 0.2) is 25.3 Å². The third-order valence-corrected chi connectivity index (χ3v) is 1.30. The minimum Gasteiger partial charge on any atom is -0.463 e. The highest BCUT2D eigenvalue weighted by Crippen LogP contribution is 1.93. The second-order valence-electron chi connectivity index (χ2n) is 2.47. The summed E-state index contributed by atoms with van der Waals surface area (Å²) in [5, 5.41) is 0. The van der Waals surface area contributed by atoms with E-state index in [0.29, 0.717) is 19.8 Å². The molecule has 0 spiro atoms. The van der Waals surface area contributed by atoms with Crippen molar-refractivity contribution in [3.63, 3.8) is 0 Å². The molecule has 0 rings (SSSR count). The van der Waals surface area contributed by atoms with Crippen molar-refractivity contribution in [1.82, 2.24) is 0 Å². The van der Waals surface area contributed by atoms with Crippen LogP contribution in [-0.4, -0.2) is 25.8 Å². The predicted molar refractivity (Wildman–Crippen MR) is 52.5 cm³/mol. The molecular weight excluding hydrogens is 184 g/mol. The van der Waals surface area contributed by atoms with Crippen LogP contribution in [0.25, 0.3) is 0 Å². The van der Waals surface area contributed by atoms with Crippen LogP contribution in [-0.2, 0) is 19.3 Å². The molecule has 0 atom stereocenters. The second kappa shape index (κ2) is 9.95. The van der Waals surface area contributed by atoms with Gasteiger partial charge in [0.2, 0.25) is 0 Å². The number of carbonyl (C=O) groups is 1. The van der Waals surface area contributed by atoms with E-state index in [1.54, 1.807) is 6.08 Å². The van der Waals surface area contributed by atoms with E-state index in [0.717, 1.165) is 18.9 Å². The van der Waals surface area contributed by atoms with Gasteiger partial charge in [0.1, 0.15) is 6.61 Å². The number of hydrogen-bond acceptors (Lipinski definition) is 4. The molecular formula is C10H16O4. The minimum absolute atomic E-state index is 0.380. The molecule has 14 heavy (non-hydrogen) atoms. The van der Waals surface area contributed by atoms with Crippen molar-refractivity contribution < 1.29 is 19.3 Å². The lowest BCUT2D eigenvalue weighted by Crippen LogP contribution is -2.03. The van der Waals surface area contributed by atoms with E-state index in [2.05, 4.69) is 18.0 Å². The Morgan fingerprint density at radius 2 is 1.86 bits per heavy atom. The van der Waals surface area contributed by atoms with Gasteiger partial charge in [0.15, 0.2) is 0 Å². The number of esters is 1. The van der Waals surface area contributed by atoms with E-state index in [9.17, 15) is 4.79 Å². The van der Waals surface area contributed by atoms with Crippen molar-refractivity contribution >= 4 is 5.97 Å². The van der Waals surface area contributed by atoms with Crippen LogP contribution in [0.5, 0.6) is 0 Å². The zero-order valence-corrected chi connectivity index (χ0v) is 8.24. The maximum Gasteiger partial charge on any atom is 0.330 e. The summed E-state index contributed by atoms with van der Waals surface area (Å²) < 4.78 is 4.75. The number of carbonyl (C=O) groups excluding carboxylic acids is 1. The van der Waals surface area contributed by atoms with Gasteiger partial charge in [-0.3, -0.25) is 0 Å². The lowest BCUT2D eigenvalue weighted by atomic mass is 10.3. The molecule has 0 heterocycles. The Bertz CT molecular complexity index is 177. The van der Waals surface area contributed by atoms with Gasteiger partial charge >= 0.3 is 5.97 Å². The predicted octanol–water partition coefficient (Wildman–Crippen LogP) is 1.63. The van der Waals surface area contributed by atoms with Gasteiger partial charge in [0.25, 0.3) is 0 Å². The highest BCUT2D eigenvalue weighted by molar-refractivity contribution is 5.81. The molecule has 80 valence electrons. The summed E-state index contributed by atoms with van der Waals surface area (Å²) in [7, 11) is 0. The Labute approximate surface area is 84.1 Å². The van der Waals surface area contributed by atoms with Gasteiger partial charge in [-0.05, 0) is 12.8 Å². The van der Waals surface area contributed by atoms with Crippen LogP contribution in [0.4, 0.5) is 0 Å². The van der Waals surface area contributed by atoms with E-state index in [1.807, 2.05) is 0 Å². The van der Waals surface area contributed by atoms with Gasteiger partial charge in [0, 0.05) is 6.08 Å². The first-order valence-electron chi connectivity index (χ1n) is 4.45. The third kappa shape index (κ3) is 8.96. The van der Waals surface area contributed by atoms with Crippen molar-refractivity contribution in [2.45, 2.75) is 12.8 Å². The molecule has 0 aromatic heterocycles. The van der Waals surface area contributed by atoms with Crippen molar-refractivity contribution in [3.8, 4) is 0 Å². The van der Waals surface area contributed by atoms with E-state index >= 15 is 0 Å². The van der Waals surface area contributed by atoms with Gasteiger partial charge in [0.05, 0.1) is 13.2 Å². The summed E-state index contributed by atoms with van der Waals surface area (Å²) in [5.41, 5.74) is 0. The zero-order chi connectivity index (χ0) is 10.6. The van der Waals surface area contributed by atoms with Crippen LogP contribution in [0.1, 0.15) is 12.8 Å². The summed E-state index contributed by atoms with van der Waals surface area (Å²) in [4.78, 5) is 20.0. The number of hydrogen-bond donors (Lipinski definition) is 0. The minimum atomic E-state index is -0.395. The summed E-state index contributed by atoms with van der Waals surface area (Å²) in [5.74, 6) is -0.395. The largest absolute Gasteiger partial charge is 0.463 e. The topological polar surface area (TPSA) is 44.8 Å².